The number of hydrogen-bond donors (Lipinski definition) is 0. The third-order valence-corrected chi connectivity index (χ3v) is 4.93. The summed E-state index contributed by atoms with van der Waals surface area (Å²) in [6.45, 7) is 6.33. The zero-order valence-electron chi connectivity index (χ0n) is 10.6. The number of likely N-dealkylation sites (tertiary alicyclic amines) is 1. The van der Waals surface area contributed by atoms with E-state index in [4.69, 9.17) is 11.6 Å². The fourth-order valence-electron chi connectivity index (χ4n) is 2.58. The highest BCUT2D eigenvalue weighted by Crippen LogP contribution is 2.29. The fourth-order valence-corrected chi connectivity index (χ4v) is 3.85. The quantitative estimate of drug-likeness (QED) is 0.798. The van der Waals surface area contributed by atoms with Crippen LogP contribution in [0.5, 0.6) is 0 Å². The number of alkyl halides is 1. The number of aryl methyl sites for hydroxylation is 2. The lowest BCUT2D eigenvalue weighted by Gasteiger charge is -2.25. The van der Waals surface area contributed by atoms with Crippen molar-refractivity contribution in [3.8, 4) is 0 Å². The van der Waals surface area contributed by atoms with Gasteiger partial charge in [0.1, 0.15) is 0 Å². The first-order valence-corrected chi connectivity index (χ1v) is 7.52. The van der Waals surface area contributed by atoms with Crippen molar-refractivity contribution in [1.29, 1.82) is 0 Å². The molecule has 2 heterocycles. The van der Waals surface area contributed by atoms with Gasteiger partial charge in [0.25, 0.3) is 0 Å². The molecule has 2 unspecified atom stereocenters. The Morgan fingerprint density at radius 1 is 1.53 bits per heavy atom. The van der Waals surface area contributed by atoms with E-state index < -0.39 is 0 Å². The smallest absolute Gasteiger partial charge is 0.0860 e. The predicted molar refractivity (Wildman–Crippen MR) is 74.7 cm³/mol. The maximum absolute atomic E-state index is 6.30. The molecule has 2 rings (SSSR count). The molecule has 0 N–H and O–H groups in total. The Hall–Kier alpha value is -0.0600. The van der Waals surface area contributed by atoms with Crippen molar-refractivity contribution >= 4 is 27.5 Å². The Labute approximate surface area is 116 Å². The highest BCUT2D eigenvalue weighted by molar-refractivity contribution is 9.09. The maximum atomic E-state index is 6.30. The highest BCUT2D eigenvalue weighted by Gasteiger charge is 2.31. The van der Waals surface area contributed by atoms with Crippen LogP contribution in [0.2, 0.25) is 5.02 Å². The second-order valence-electron chi connectivity index (χ2n) is 4.93. The molecule has 1 fully saturated rings. The number of nitrogens with zero attached hydrogens (tertiary/aromatic N) is 3. The van der Waals surface area contributed by atoms with E-state index in [0.29, 0.717) is 6.04 Å². The van der Waals surface area contributed by atoms with Gasteiger partial charge in [0.05, 0.1) is 16.4 Å². The molecule has 1 aliphatic rings. The van der Waals surface area contributed by atoms with Crippen LogP contribution in [0.15, 0.2) is 0 Å². The van der Waals surface area contributed by atoms with Gasteiger partial charge in [0.15, 0.2) is 0 Å². The molecular formula is C12H19BrClN3. The number of aromatic nitrogens is 2. The number of hydrogen-bond acceptors (Lipinski definition) is 2. The summed E-state index contributed by atoms with van der Waals surface area (Å²) in [6.07, 6.45) is 1.27. The topological polar surface area (TPSA) is 21.1 Å². The lowest BCUT2D eigenvalue weighted by atomic mass is 10.1. The largest absolute Gasteiger partial charge is 0.293 e. The first-order valence-electron chi connectivity index (χ1n) is 6.02. The van der Waals surface area contributed by atoms with Crippen molar-refractivity contribution in [1.82, 2.24) is 14.7 Å². The van der Waals surface area contributed by atoms with Gasteiger partial charge in [0.2, 0.25) is 0 Å². The van der Waals surface area contributed by atoms with E-state index in [1.165, 1.54) is 6.42 Å². The average molecular weight is 321 g/mol. The van der Waals surface area contributed by atoms with Crippen LogP contribution in [0.25, 0.3) is 0 Å². The molecular weight excluding hydrogens is 302 g/mol. The van der Waals surface area contributed by atoms with Crippen LogP contribution in [0, 0.1) is 12.8 Å². The van der Waals surface area contributed by atoms with Crippen LogP contribution in [0.1, 0.15) is 24.7 Å². The van der Waals surface area contributed by atoms with Crippen LogP contribution in [-0.2, 0) is 13.6 Å². The van der Waals surface area contributed by atoms with Crippen molar-refractivity contribution < 1.29 is 0 Å². The molecule has 2 atom stereocenters. The summed E-state index contributed by atoms with van der Waals surface area (Å²) < 4.78 is 1.91. The van der Waals surface area contributed by atoms with Gasteiger partial charge in [-0.3, -0.25) is 9.58 Å². The van der Waals surface area contributed by atoms with E-state index in [2.05, 4.69) is 32.9 Å². The minimum absolute atomic E-state index is 0.612. The Kier molecular flexibility index (Phi) is 4.16. The van der Waals surface area contributed by atoms with Gasteiger partial charge >= 0.3 is 0 Å². The summed E-state index contributed by atoms with van der Waals surface area (Å²) in [6, 6.07) is 0.612. The lowest BCUT2D eigenvalue weighted by molar-refractivity contribution is 0.238. The molecule has 1 aromatic rings. The highest BCUT2D eigenvalue weighted by atomic mass is 79.9. The SMILES string of the molecule is Cc1nn(C)c(CN2CCC(C)C2CBr)c1Cl. The van der Waals surface area contributed by atoms with Crippen molar-refractivity contribution in [2.24, 2.45) is 13.0 Å². The van der Waals surface area contributed by atoms with Gasteiger partial charge < -0.3 is 0 Å². The summed E-state index contributed by atoms with van der Waals surface area (Å²) in [5.41, 5.74) is 2.05. The van der Waals surface area contributed by atoms with Crippen molar-refractivity contribution in [2.75, 3.05) is 11.9 Å². The normalized spacial score (nSPS) is 25.7. The minimum atomic E-state index is 0.612. The Morgan fingerprint density at radius 2 is 2.24 bits per heavy atom. The van der Waals surface area contributed by atoms with Crippen molar-refractivity contribution in [2.45, 2.75) is 32.9 Å². The monoisotopic (exact) mass is 319 g/mol. The van der Waals surface area contributed by atoms with Crippen LogP contribution in [0.4, 0.5) is 0 Å². The zero-order chi connectivity index (χ0) is 12.6. The molecule has 0 saturated carbocycles. The van der Waals surface area contributed by atoms with Gasteiger partial charge in [-0.2, -0.15) is 5.10 Å². The second kappa shape index (κ2) is 5.29. The molecule has 0 aromatic carbocycles. The summed E-state index contributed by atoms with van der Waals surface area (Å²) in [5, 5.41) is 6.22. The third kappa shape index (κ3) is 2.54. The summed E-state index contributed by atoms with van der Waals surface area (Å²) in [7, 11) is 1.97. The van der Waals surface area contributed by atoms with Crippen LogP contribution in [0.3, 0.4) is 0 Å². The fraction of sp³-hybridized carbons (Fsp3) is 0.750. The Morgan fingerprint density at radius 3 is 2.76 bits per heavy atom. The molecule has 17 heavy (non-hydrogen) atoms. The standard InChI is InChI=1S/C12H19BrClN3/c1-8-4-5-17(10(8)6-13)7-11-12(14)9(2)15-16(11)3/h8,10H,4-7H2,1-3H3. The van der Waals surface area contributed by atoms with E-state index in [1.54, 1.807) is 0 Å². The van der Waals surface area contributed by atoms with E-state index in [0.717, 1.165) is 40.7 Å². The zero-order valence-corrected chi connectivity index (χ0v) is 12.9. The molecule has 3 nitrogen and oxygen atoms in total. The first kappa shape index (κ1) is 13.4. The van der Waals surface area contributed by atoms with E-state index in [9.17, 15) is 0 Å². The van der Waals surface area contributed by atoms with Gasteiger partial charge in [-0.05, 0) is 25.8 Å². The molecule has 0 radical (unpaired) electrons. The van der Waals surface area contributed by atoms with Crippen LogP contribution >= 0.6 is 27.5 Å². The molecule has 0 spiro atoms. The van der Waals surface area contributed by atoms with Gasteiger partial charge in [-0.1, -0.05) is 34.5 Å². The summed E-state index contributed by atoms with van der Waals surface area (Å²) in [4.78, 5) is 2.50. The molecule has 96 valence electrons. The summed E-state index contributed by atoms with van der Waals surface area (Å²) in [5.74, 6) is 0.752. The average Bonchev–Trinajstić information content (AvgIpc) is 2.75. The Balaban J connectivity index is 2.15. The maximum Gasteiger partial charge on any atom is 0.0860 e. The van der Waals surface area contributed by atoms with Crippen LogP contribution in [-0.4, -0.2) is 32.6 Å². The van der Waals surface area contributed by atoms with Crippen molar-refractivity contribution in [3.05, 3.63) is 16.4 Å². The van der Waals surface area contributed by atoms with E-state index in [-0.39, 0.29) is 0 Å². The number of halogens is 2. The predicted octanol–water partition coefficient (Wildman–Crippen LogP) is 2.99. The van der Waals surface area contributed by atoms with Gasteiger partial charge in [-0.15, -0.1) is 0 Å². The first-order chi connectivity index (χ1) is 8.04. The third-order valence-electron chi connectivity index (χ3n) is 3.77. The summed E-state index contributed by atoms with van der Waals surface area (Å²) >= 11 is 9.91. The van der Waals surface area contributed by atoms with Gasteiger partial charge in [-0.25, -0.2) is 0 Å². The van der Waals surface area contributed by atoms with Crippen LogP contribution < -0.4 is 0 Å². The molecule has 1 aliphatic heterocycles. The molecule has 5 heteroatoms. The lowest BCUT2D eigenvalue weighted by Crippen LogP contribution is -2.33. The molecule has 0 bridgehead atoms. The molecule has 0 aliphatic carbocycles. The molecule has 1 saturated heterocycles. The van der Waals surface area contributed by atoms with E-state index >= 15 is 0 Å². The second-order valence-corrected chi connectivity index (χ2v) is 5.95. The Bertz CT molecular complexity index is 405. The van der Waals surface area contributed by atoms with Gasteiger partial charge in [0, 0.05) is 25.0 Å². The molecule has 0 amide bonds. The minimum Gasteiger partial charge on any atom is -0.293 e. The molecule has 1 aromatic heterocycles. The van der Waals surface area contributed by atoms with E-state index in [1.807, 2.05) is 18.7 Å². The number of rotatable bonds is 3. The van der Waals surface area contributed by atoms with Crippen molar-refractivity contribution in [3.63, 3.8) is 0 Å².